The molecule has 0 fully saturated rings. The average molecular weight is 504 g/mol. The summed E-state index contributed by atoms with van der Waals surface area (Å²) < 4.78 is 10.1. The Kier molecular flexibility index (Phi) is 19.1. The van der Waals surface area contributed by atoms with Crippen LogP contribution in [0.2, 0.25) is 0 Å². The van der Waals surface area contributed by atoms with Gasteiger partial charge in [0.25, 0.3) is 0 Å². The lowest BCUT2D eigenvalue weighted by molar-refractivity contribution is -0.123. The minimum Gasteiger partial charge on any atom is -0.448 e. The minimum absolute atomic E-state index is 0.0774. The zero-order valence-electron chi connectivity index (χ0n) is 20.8. The quantitative estimate of drug-likeness (QED) is 0.112. The second-order valence-corrected chi connectivity index (χ2v) is 8.50. The zero-order chi connectivity index (χ0) is 26.5. The van der Waals surface area contributed by atoms with Gasteiger partial charge in [-0.25, -0.2) is 9.59 Å². The van der Waals surface area contributed by atoms with Crippen LogP contribution in [0.4, 0.5) is 9.59 Å². The van der Waals surface area contributed by atoms with Crippen molar-refractivity contribution in [1.82, 2.24) is 10.2 Å². The molecule has 0 spiro atoms. The van der Waals surface area contributed by atoms with Gasteiger partial charge in [-0.05, 0) is 45.2 Å². The summed E-state index contributed by atoms with van der Waals surface area (Å²) in [6.45, 7) is 1.05. The van der Waals surface area contributed by atoms with Gasteiger partial charge in [0.15, 0.2) is 0 Å². The number of nitrogens with one attached hydrogen (secondary N) is 1. The van der Waals surface area contributed by atoms with Crippen molar-refractivity contribution in [1.29, 1.82) is 0 Å². The summed E-state index contributed by atoms with van der Waals surface area (Å²) in [6, 6.07) is -1.01. The highest BCUT2D eigenvalue weighted by atomic mass is 16.6. The van der Waals surface area contributed by atoms with E-state index in [0.717, 1.165) is 38.5 Å². The summed E-state index contributed by atoms with van der Waals surface area (Å²) in [5.41, 5.74) is 27.0. The molecular weight excluding hydrogens is 458 g/mol. The molecule has 0 aliphatic carbocycles. The number of hydrogen-bond donors (Lipinski definition) is 6. The summed E-state index contributed by atoms with van der Waals surface area (Å²) in [6.07, 6.45) is 5.25. The molecule has 0 aromatic carbocycles. The molecule has 0 aromatic heterocycles. The molecule has 4 amide bonds. The molecule has 0 saturated heterocycles. The molecule has 13 heteroatoms. The summed E-state index contributed by atoms with van der Waals surface area (Å²) in [4.78, 5) is 48.5. The fourth-order valence-electron chi connectivity index (χ4n) is 3.25. The van der Waals surface area contributed by atoms with Crippen molar-refractivity contribution in [3.8, 4) is 0 Å². The van der Waals surface area contributed by atoms with Gasteiger partial charge in [0.2, 0.25) is 11.8 Å². The van der Waals surface area contributed by atoms with Crippen LogP contribution in [0.1, 0.15) is 64.2 Å². The smallest absolute Gasteiger partial charge is 0.410 e. The molecule has 0 aliphatic heterocycles. The fraction of sp³-hybridized carbons (Fsp3) is 0.818. The van der Waals surface area contributed by atoms with E-state index in [9.17, 15) is 19.2 Å². The maximum Gasteiger partial charge on any atom is 0.410 e. The van der Waals surface area contributed by atoms with Crippen LogP contribution in [-0.4, -0.2) is 80.4 Å². The van der Waals surface area contributed by atoms with E-state index in [-0.39, 0.29) is 32.6 Å². The zero-order valence-corrected chi connectivity index (χ0v) is 20.8. The lowest BCUT2D eigenvalue weighted by atomic mass is 10.1. The standard InChI is InChI=1S/C22H45N7O6/c23-11-5-2-1-3-7-13-29(22(33)35-15-17(25)9-10-19(26)30)14-20(31)28-18(8-4-6-12-24)16-34-21(27)32/h17-18H,1-16,23-25H2,(H2,26,30)(H2,27,32)(H,28,31). The van der Waals surface area contributed by atoms with Crippen LogP contribution < -0.4 is 34.0 Å². The topological polar surface area (TPSA) is 232 Å². The summed E-state index contributed by atoms with van der Waals surface area (Å²) in [5, 5.41) is 2.78. The highest BCUT2D eigenvalue weighted by molar-refractivity contribution is 5.82. The van der Waals surface area contributed by atoms with E-state index in [4.69, 9.17) is 38.1 Å². The number of unbranched alkanes of at least 4 members (excludes halogenated alkanes) is 5. The summed E-state index contributed by atoms with van der Waals surface area (Å²) in [7, 11) is 0. The average Bonchev–Trinajstić information content (AvgIpc) is 2.80. The predicted octanol–water partition coefficient (Wildman–Crippen LogP) is -0.364. The number of carbonyl (C=O) groups is 4. The van der Waals surface area contributed by atoms with Crippen molar-refractivity contribution in [3.63, 3.8) is 0 Å². The third-order valence-electron chi connectivity index (χ3n) is 5.21. The monoisotopic (exact) mass is 503 g/mol. The number of hydrogen-bond acceptors (Lipinski definition) is 9. The Balaban J connectivity index is 4.92. The first-order chi connectivity index (χ1) is 16.7. The molecule has 11 N–H and O–H groups in total. The molecule has 13 nitrogen and oxygen atoms in total. The third kappa shape index (κ3) is 19.4. The van der Waals surface area contributed by atoms with Crippen LogP contribution in [0.25, 0.3) is 0 Å². The first-order valence-corrected chi connectivity index (χ1v) is 12.3. The highest BCUT2D eigenvalue weighted by Gasteiger charge is 2.22. The Morgan fingerprint density at radius 1 is 0.800 bits per heavy atom. The van der Waals surface area contributed by atoms with Crippen molar-refractivity contribution < 1.29 is 28.7 Å². The molecule has 0 aromatic rings. The first kappa shape index (κ1) is 32.4. The Morgan fingerprint density at radius 2 is 1.43 bits per heavy atom. The van der Waals surface area contributed by atoms with Crippen molar-refractivity contribution in [2.24, 2.45) is 28.7 Å². The third-order valence-corrected chi connectivity index (χ3v) is 5.21. The van der Waals surface area contributed by atoms with Gasteiger partial charge in [-0.1, -0.05) is 25.7 Å². The van der Waals surface area contributed by atoms with Crippen molar-refractivity contribution in [2.45, 2.75) is 76.3 Å². The molecule has 204 valence electrons. The van der Waals surface area contributed by atoms with Crippen LogP contribution in [0, 0.1) is 0 Å². The van der Waals surface area contributed by atoms with Gasteiger partial charge in [-0.2, -0.15) is 0 Å². The second-order valence-electron chi connectivity index (χ2n) is 8.50. The molecule has 0 rings (SSSR count). The number of ether oxygens (including phenoxy) is 2. The highest BCUT2D eigenvalue weighted by Crippen LogP contribution is 2.07. The lowest BCUT2D eigenvalue weighted by Gasteiger charge is -2.24. The van der Waals surface area contributed by atoms with Crippen molar-refractivity contribution >= 4 is 24.0 Å². The Bertz CT molecular complexity index is 623. The SMILES string of the molecule is NCCCCCCCN(CC(=O)NC(CCCCN)COC(N)=O)C(=O)OCC(N)CCC(N)=O. The number of nitrogens with two attached hydrogens (primary N) is 5. The minimum atomic E-state index is -0.935. The van der Waals surface area contributed by atoms with Crippen LogP contribution >= 0.6 is 0 Å². The van der Waals surface area contributed by atoms with Gasteiger partial charge in [0, 0.05) is 19.0 Å². The van der Waals surface area contributed by atoms with Gasteiger partial charge >= 0.3 is 12.2 Å². The normalized spacial score (nSPS) is 12.4. The number of primary amides is 2. The molecule has 0 bridgehead atoms. The largest absolute Gasteiger partial charge is 0.448 e. The summed E-state index contributed by atoms with van der Waals surface area (Å²) >= 11 is 0. The Morgan fingerprint density at radius 3 is 2.06 bits per heavy atom. The van der Waals surface area contributed by atoms with Gasteiger partial charge in [0.1, 0.15) is 19.8 Å². The predicted molar refractivity (Wildman–Crippen MR) is 132 cm³/mol. The van der Waals surface area contributed by atoms with Crippen molar-refractivity contribution in [3.05, 3.63) is 0 Å². The maximum absolute atomic E-state index is 12.7. The molecule has 2 atom stereocenters. The van der Waals surface area contributed by atoms with Gasteiger partial charge < -0.3 is 43.5 Å². The molecule has 35 heavy (non-hydrogen) atoms. The van der Waals surface area contributed by atoms with E-state index in [2.05, 4.69) is 5.32 Å². The van der Waals surface area contributed by atoms with E-state index < -0.39 is 36.1 Å². The molecule has 0 heterocycles. The van der Waals surface area contributed by atoms with Gasteiger partial charge in [-0.3, -0.25) is 14.5 Å². The van der Waals surface area contributed by atoms with E-state index in [1.165, 1.54) is 4.90 Å². The van der Waals surface area contributed by atoms with Crippen LogP contribution in [0.15, 0.2) is 0 Å². The Hall–Kier alpha value is -2.64. The van der Waals surface area contributed by atoms with Crippen LogP contribution in [0.5, 0.6) is 0 Å². The number of nitrogens with zero attached hydrogens (tertiary/aromatic N) is 1. The first-order valence-electron chi connectivity index (χ1n) is 12.3. The van der Waals surface area contributed by atoms with Gasteiger partial charge in [0.05, 0.1) is 6.04 Å². The summed E-state index contributed by atoms with van der Waals surface area (Å²) in [5.74, 6) is -0.907. The Labute approximate surface area is 207 Å². The number of amides is 4. The fourth-order valence-corrected chi connectivity index (χ4v) is 3.25. The second kappa shape index (κ2) is 20.7. The molecular formula is C22H45N7O6. The molecule has 0 aliphatic rings. The van der Waals surface area contributed by atoms with E-state index >= 15 is 0 Å². The van der Waals surface area contributed by atoms with E-state index in [1.54, 1.807) is 0 Å². The molecule has 2 unspecified atom stereocenters. The maximum atomic E-state index is 12.7. The molecule has 0 saturated carbocycles. The van der Waals surface area contributed by atoms with Crippen molar-refractivity contribution in [2.75, 3.05) is 39.4 Å². The number of carbonyl (C=O) groups excluding carboxylic acids is 4. The lowest BCUT2D eigenvalue weighted by Crippen LogP contribution is -2.47. The molecule has 0 radical (unpaired) electrons. The number of rotatable bonds is 21. The van der Waals surface area contributed by atoms with E-state index in [0.29, 0.717) is 32.5 Å². The van der Waals surface area contributed by atoms with Crippen LogP contribution in [0.3, 0.4) is 0 Å². The van der Waals surface area contributed by atoms with E-state index in [1.807, 2.05) is 0 Å². The van der Waals surface area contributed by atoms with Crippen LogP contribution in [-0.2, 0) is 19.1 Å². The van der Waals surface area contributed by atoms with Gasteiger partial charge in [-0.15, -0.1) is 0 Å².